The first-order chi connectivity index (χ1) is 8.78. The van der Waals surface area contributed by atoms with Gasteiger partial charge in [-0.05, 0) is 30.8 Å². The summed E-state index contributed by atoms with van der Waals surface area (Å²) < 4.78 is 41.5. The second-order valence-corrected chi connectivity index (χ2v) is 4.87. The number of ether oxygens (including phenoxy) is 1. The lowest BCUT2D eigenvalue weighted by Crippen LogP contribution is -2.09. The topological polar surface area (TPSA) is 50.1 Å². The van der Waals surface area contributed by atoms with Crippen LogP contribution in [0.4, 0.5) is 13.2 Å². The van der Waals surface area contributed by atoms with Gasteiger partial charge in [0.05, 0.1) is 17.7 Å². The summed E-state index contributed by atoms with van der Waals surface area (Å²) in [5.41, 5.74) is -4.80. The minimum Gasteiger partial charge on any atom is -0.462 e. The van der Waals surface area contributed by atoms with Crippen LogP contribution in [0.15, 0.2) is 21.9 Å². The third kappa shape index (κ3) is 4.36. The van der Waals surface area contributed by atoms with E-state index in [4.69, 9.17) is 10.00 Å². The number of hydrogen-bond acceptors (Lipinski definition) is 5. The maximum Gasteiger partial charge on any atom is 0.446 e. The van der Waals surface area contributed by atoms with E-state index in [-0.39, 0.29) is 39.3 Å². The summed E-state index contributed by atoms with van der Waals surface area (Å²) in [5, 5.41) is 8.90. The zero-order chi connectivity index (χ0) is 14.6. The first kappa shape index (κ1) is 15.7. The average molecular weight is 307 g/mol. The SMILES string of the molecule is CCOC(=O)c1c(S)cc(SC(F)(F)F)cc1C#N. The standard InChI is InChI=1S/C11H8F3NO2S2/c1-2-17-10(16)9-6(5-15)3-7(4-8(9)18)19-11(12,13)14/h3-4,18H,2H2,1H3. The van der Waals surface area contributed by atoms with Crippen LogP contribution in [-0.4, -0.2) is 18.1 Å². The lowest BCUT2D eigenvalue weighted by atomic mass is 10.1. The van der Waals surface area contributed by atoms with Gasteiger partial charge in [-0.25, -0.2) is 4.79 Å². The van der Waals surface area contributed by atoms with Gasteiger partial charge in [-0.1, -0.05) is 0 Å². The lowest BCUT2D eigenvalue weighted by Gasteiger charge is -2.10. The largest absolute Gasteiger partial charge is 0.462 e. The molecule has 0 aliphatic rings. The molecule has 0 unspecified atom stereocenters. The Balaban J connectivity index is 3.23. The van der Waals surface area contributed by atoms with Crippen molar-refractivity contribution in [3.05, 3.63) is 23.3 Å². The second-order valence-electron chi connectivity index (χ2n) is 3.25. The molecule has 0 saturated carbocycles. The van der Waals surface area contributed by atoms with Gasteiger partial charge < -0.3 is 4.74 Å². The molecule has 0 bridgehead atoms. The van der Waals surface area contributed by atoms with Gasteiger partial charge in [0.2, 0.25) is 0 Å². The van der Waals surface area contributed by atoms with Gasteiger partial charge in [0.25, 0.3) is 0 Å². The molecule has 0 N–H and O–H groups in total. The Kier molecular flexibility index (Phi) is 5.14. The van der Waals surface area contributed by atoms with Crippen molar-refractivity contribution >= 4 is 30.4 Å². The number of rotatable bonds is 3. The van der Waals surface area contributed by atoms with E-state index >= 15 is 0 Å². The van der Waals surface area contributed by atoms with E-state index in [0.717, 1.165) is 12.1 Å². The number of carbonyl (C=O) groups is 1. The van der Waals surface area contributed by atoms with Crippen LogP contribution in [0.25, 0.3) is 0 Å². The van der Waals surface area contributed by atoms with Gasteiger partial charge in [0.1, 0.15) is 6.07 Å². The molecule has 0 fully saturated rings. The molecule has 0 spiro atoms. The van der Waals surface area contributed by atoms with Gasteiger partial charge in [0.15, 0.2) is 0 Å². The first-order valence-corrected chi connectivity index (χ1v) is 6.24. The van der Waals surface area contributed by atoms with E-state index in [1.165, 1.54) is 0 Å². The maximum atomic E-state index is 12.3. The number of esters is 1. The zero-order valence-electron chi connectivity index (χ0n) is 9.61. The molecular weight excluding hydrogens is 299 g/mol. The Hall–Kier alpha value is -1.33. The van der Waals surface area contributed by atoms with Crippen molar-refractivity contribution in [2.45, 2.75) is 22.2 Å². The van der Waals surface area contributed by atoms with Crippen molar-refractivity contribution in [1.82, 2.24) is 0 Å². The summed E-state index contributed by atoms with van der Waals surface area (Å²) in [6.07, 6.45) is 0. The number of thiol groups is 1. The molecule has 102 valence electrons. The maximum absolute atomic E-state index is 12.3. The number of nitrogens with zero attached hydrogens (tertiary/aromatic N) is 1. The van der Waals surface area contributed by atoms with E-state index in [0.29, 0.717) is 0 Å². The number of nitriles is 1. The predicted molar refractivity (Wildman–Crippen MR) is 66.3 cm³/mol. The summed E-state index contributed by atoms with van der Waals surface area (Å²) >= 11 is 3.57. The molecule has 1 aromatic rings. The molecule has 8 heteroatoms. The van der Waals surface area contributed by atoms with Crippen LogP contribution in [-0.2, 0) is 4.74 Å². The highest BCUT2D eigenvalue weighted by molar-refractivity contribution is 8.00. The Bertz CT molecular complexity index is 538. The summed E-state index contributed by atoms with van der Waals surface area (Å²) in [4.78, 5) is 11.4. The average Bonchev–Trinajstić information content (AvgIpc) is 2.25. The van der Waals surface area contributed by atoms with Crippen molar-refractivity contribution in [3.8, 4) is 6.07 Å². The van der Waals surface area contributed by atoms with Crippen molar-refractivity contribution < 1.29 is 22.7 Å². The van der Waals surface area contributed by atoms with Gasteiger partial charge in [-0.2, -0.15) is 18.4 Å². The summed E-state index contributed by atoms with van der Waals surface area (Å²) in [7, 11) is 0. The highest BCUT2D eigenvalue weighted by atomic mass is 32.2. The van der Waals surface area contributed by atoms with Crippen LogP contribution < -0.4 is 0 Å². The van der Waals surface area contributed by atoms with Crippen LogP contribution in [0, 0.1) is 11.3 Å². The lowest BCUT2D eigenvalue weighted by molar-refractivity contribution is -0.0328. The molecule has 0 aromatic heterocycles. The van der Waals surface area contributed by atoms with Gasteiger partial charge in [0, 0.05) is 9.79 Å². The predicted octanol–water partition coefficient (Wildman–Crippen LogP) is 3.64. The third-order valence-electron chi connectivity index (χ3n) is 1.92. The fourth-order valence-corrected chi connectivity index (χ4v) is 2.36. The van der Waals surface area contributed by atoms with E-state index in [2.05, 4.69) is 12.6 Å². The van der Waals surface area contributed by atoms with Crippen molar-refractivity contribution in [2.24, 2.45) is 0 Å². The van der Waals surface area contributed by atoms with E-state index in [1.807, 2.05) is 0 Å². The number of benzene rings is 1. The van der Waals surface area contributed by atoms with Crippen molar-refractivity contribution in [2.75, 3.05) is 6.61 Å². The monoisotopic (exact) mass is 307 g/mol. The third-order valence-corrected chi connectivity index (χ3v) is 2.98. The van der Waals surface area contributed by atoms with Crippen LogP contribution in [0.1, 0.15) is 22.8 Å². The smallest absolute Gasteiger partial charge is 0.446 e. The summed E-state index contributed by atoms with van der Waals surface area (Å²) in [6.45, 7) is 1.67. The summed E-state index contributed by atoms with van der Waals surface area (Å²) in [6, 6.07) is 3.74. The molecule has 0 heterocycles. The number of halogens is 3. The highest BCUT2D eigenvalue weighted by Gasteiger charge is 2.30. The van der Waals surface area contributed by atoms with Gasteiger partial charge in [-0.3, -0.25) is 0 Å². The van der Waals surface area contributed by atoms with Crippen LogP contribution in [0.3, 0.4) is 0 Å². The van der Waals surface area contributed by atoms with Crippen molar-refractivity contribution in [1.29, 1.82) is 5.26 Å². The number of thioether (sulfide) groups is 1. The van der Waals surface area contributed by atoms with Crippen LogP contribution in [0.2, 0.25) is 0 Å². The zero-order valence-corrected chi connectivity index (χ0v) is 11.3. The Morgan fingerprint density at radius 1 is 1.53 bits per heavy atom. The fourth-order valence-electron chi connectivity index (χ4n) is 1.30. The molecule has 19 heavy (non-hydrogen) atoms. The Morgan fingerprint density at radius 3 is 2.63 bits per heavy atom. The molecule has 1 rings (SSSR count). The number of alkyl halides is 3. The van der Waals surface area contributed by atoms with E-state index in [1.54, 1.807) is 13.0 Å². The molecule has 0 radical (unpaired) electrons. The second kappa shape index (κ2) is 6.21. The van der Waals surface area contributed by atoms with E-state index < -0.39 is 11.5 Å². The minimum atomic E-state index is -4.47. The molecule has 0 saturated heterocycles. The molecule has 0 aliphatic carbocycles. The number of carbonyl (C=O) groups excluding carboxylic acids is 1. The van der Waals surface area contributed by atoms with Gasteiger partial charge in [-0.15, -0.1) is 12.6 Å². The van der Waals surface area contributed by atoms with Gasteiger partial charge >= 0.3 is 11.5 Å². The molecule has 0 atom stereocenters. The molecule has 0 aliphatic heterocycles. The Morgan fingerprint density at radius 2 is 2.16 bits per heavy atom. The van der Waals surface area contributed by atoms with Crippen molar-refractivity contribution in [3.63, 3.8) is 0 Å². The molecule has 3 nitrogen and oxygen atoms in total. The minimum absolute atomic E-state index is 0.0238. The Labute approximate surface area is 117 Å². The molecule has 0 amide bonds. The van der Waals surface area contributed by atoms with E-state index in [9.17, 15) is 18.0 Å². The molecular formula is C11H8F3NO2S2. The summed E-state index contributed by atoms with van der Waals surface area (Å²) in [5.74, 6) is -0.785. The fraction of sp³-hybridized carbons (Fsp3) is 0.273. The quantitative estimate of drug-likeness (QED) is 0.526. The van der Waals surface area contributed by atoms with Crippen LogP contribution in [0.5, 0.6) is 0 Å². The molecule has 1 aromatic carbocycles. The normalized spacial score (nSPS) is 10.9. The highest BCUT2D eigenvalue weighted by Crippen LogP contribution is 2.38. The number of hydrogen-bond donors (Lipinski definition) is 1. The van der Waals surface area contributed by atoms with Crippen LogP contribution >= 0.6 is 24.4 Å². The first-order valence-electron chi connectivity index (χ1n) is 4.98.